The van der Waals surface area contributed by atoms with Crippen molar-refractivity contribution in [3.8, 4) is 0 Å². The normalized spacial score (nSPS) is 10.9. The Hall–Kier alpha value is -1.63. The first-order valence-corrected chi connectivity index (χ1v) is 13.1. The minimum absolute atomic E-state index is 0.108. The fourth-order valence-corrected chi connectivity index (χ4v) is 3.40. The van der Waals surface area contributed by atoms with Crippen LogP contribution in [-0.4, -0.2) is 51.3 Å². The molecule has 0 atom stereocenters. The summed E-state index contributed by atoms with van der Waals surface area (Å²) in [5.41, 5.74) is 0. The van der Waals surface area contributed by atoms with Gasteiger partial charge in [-0.1, -0.05) is 65.2 Å². The molecule has 1 N–H and O–H groups in total. The van der Waals surface area contributed by atoms with Crippen LogP contribution in [0.25, 0.3) is 0 Å². The van der Waals surface area contributed by atoms with Crippen molar-refractivity contribution < 1.29 is 28.6 Å². The lowest BCUT2D eigenvalue weighted by atomic mass is 10.0. The summed E-state index contributed by atoms with van der Waals surface area (Å²) in [6, 6.07) is 0. The molecule has 0 spiro atoms. The summed E-state index contributed by atoms with van der Waals surface area (Å²) >= 11 is 0. The molecule has 0 aromatic heterocycles. The molecule has 0 unspecified atom stereocenters. The Kier molecular flexibility index (Phi) is 22.4. The van der Waals surface area contributed by atoms with E-state index >= 15 is 0 Å². The molecule has 0 rings (SSSR count). The molecule has 0 aromatic carbocycles. The lowest BCUT2D eigenvalue weighted by Gasteiger charge is -2.17. The Morgan fingerprint density at radius 1 is 0.636 bits per heavy atom. The van der Waals surface area contributed by atoms with Gasteiger partial charge in [0.25, 0.3) is 0 Å². The summed E-state index contributed by atoms with van der Waals surface area (Å²) < 4.78 is 16.0. The molecule has 0 aliphatic heterocycles. The van der Waals surface area contributed by atoms with E-state index in [-0.39, 0.29) is 37.0 Å². The summed E-state index contributed by atoms with van der Waals surface area (Å²) in [5.74, 6) is -0.754. The molecule has 0 fully saturated rings. The van der Waals surface area contributed by atoms with Crippen molar-refractivity contribution in [2.45, 2.75) is 110 Å². The number of likely N-dealkylation sites (N-methyl/N-ethyl adjacent to an activating group) is 1. The number of ether oxygens (including phenoxy) is 3. The number of hydrogen-bond acceptors (Lipinski definition) is 7. The Labute approximate surface area is 201 Å². The van der Waals surface area contributed by atoms with Gasteiger partial charge in [-0.15, -0.1) is 0 Å². The van der Waals surface area contributed by atoms with Crippen molar-refractivity contribution in [2.75, 3.05) is 33.4 Å². The largest absolute Gasteiger partial charge is 0.465 e. The first kappa shape index (κ1) is 31.4. The highest BCUT2D eigenvalue weighted by atomic mass is 16.5. The Balaban J connectivity index is 4.31. The molecule has 7 heteroatoms. The van der Waals surface area contributed by atoms with Crippen LogP contribution in [0.4, 0.5) is 0 Å². The Morgan fingerprint density at radius 2 is 1.09 bits per heavy atom. The smallest absolute Gasteiger partial charge is 0.305 e. The second-order valence-corrected chi connectivity index (χ2v) is 8.78. The van der Waals surface area contributed by atoms with Gasteiger partial charge in [-0.2, -0.15) is 0 Å². The minimum Gasteiger partial charge on any atom is -0.465 e. The van der Waals surface area contributed by atoms with Crippen molar-refractivity contribution in [3.63, 3.8) is 0 Å². The second kappa shape index (κ2) is 23.5. The number of carbonyl (C=O) groups excluding carboxylic acids is 3. The standard InChI is InChI=1S/C26H49NO6/c1-4-6-8-10-12-16-25(29)32-21-23(15-14-18-24(28)31-20-19-27-3)22-33-26(30)17-13-11-9-7-5-2/h23,27H,4-22H2,1-3H3. The van der Waals surface area contributed by atoms with Crippen molar-refractivity contribution in [1.82, 2.24) is 5.32 Å². The zero-order valence-corrected chi connectivity index (χ0v) is 21.5. The van der Waals surface area contributed by atoms with Crippen LogP contribution in [0.2, 0.25) is 0 Å². The lowest BCUT2D eigenvalue weighted by Crippen LogP contribution is -2.22. The van der Waals surface area contributed by atoms with Gasteiger partial charge in [0.2, 0.25) is 0 Å². The molecular weight excluding hydrogens is 422 g/mol. The number of esters is 3. The van der Waals surface area contributed by atoms with E-state index in [0.717, 1.165) is 38.5 Å². The van der Waals surface area contributed by atoms with E-state index in [4.69, 9.17) is 14.2 Å². The van der Waals surface area contributed by atoms with Gasteiger partial charge in [-0.25, -0.2) is 0 Å². The first-order chi connectivity index (χ1) is 16.0. The van der Waals surface area contributed by atoms with E-state index in [1.807, 2.05) is 0 Å². The second-order valence-electron chi connectivity index (χ2n) is 8.78. The summed E-state index contributed by atoms with van der Waals surface area (Å²) in [4.78, 5) is 35.9. The first-order valence-electron chi connectivity index (χ1n) is 13.1. The number of carbonyl (C=O) groups is 3. The fourth-order valence-electron chi connectivity index (χ4n) is 3.40. The monoisotopic (exact) mass is 471 g/mol. The third-order valence-corrected chi connectivity index (χ3v) is 5.54. The molecule has 0 saturated heterocycles. The van der Waals surface area contributed by atoms with E-state index in [1.165, 1.54) is 25.7 Å². The molecular formula is C26H49NO6. The van der Waals surface area contributed by atoms with Crippen LogP contribution in [0.15, 0.2) is 0 Å². The van der Waals surface area contributed by atoms with Crippen LogP contribution in [0.3, 0.4) is 0 Å². The zero-order valence-electron chi connectivity index (χ0n) is 21.5. The van der Waals surface area contributed by atoms with E-state index < -0.39 is 0 Å². The minimum atomic E-state index is -0.239. The summed E-state index contributed by atoms with van der Waals surface area (Å²) in [6.07, 6.45) is 13.2. The van der Waals surface area contributed by atoms with Crippen LogP contribution >= 0.6 is 0 Å². The molecule has 0 bridgehead atoms. The van der Waals surface area contributed by atoms with Crippen molar-refractivity contribution >= 4 is 17.9 Å². The predicted molar refractivity (Wildman–Crippen MR) is 131 cm³/mol. The number of unbranched alkanes of at least 4 members (excludes halogenated alkanes) is 8. The zero-order chi connectivity index (χ0) is 24.6. The lowest BCUT2D eigenvalue weighted by molar-refractivity contribution is -0.150. The molecule has 0 radical (unpaired) electrons. The molecule has 194 valence electrons. The fraction of sp³-hybridized carbons (Fsp3) is 0.885. The Bertz CT molecular complexity index is 467. The van der Waals surface area contributed by atoms with Crippen molar-refractivity contribution in [3.05, 3.63) is 0 Å². The van der Waals surface area contributed by atoms with Crippen LogP contribution in [0, 0.1) is 5.92 Å². The SMILES string of the molecule is CCCCCCCC(=O)OCC(CCCC(=O)OCCNC)COC(=O)CCCCCCC. The van der Waals surface area contributed by atoms with E-state index in [1.54, 1.807) is 7.05 Å². The topological polar surface area (TPSA) is 90.9 Å². The maximum absolute atomic E-state index is 12.1. The molecule has 0 aliphatic rings. The maximum Gasteiger partial charge on any atom is 0.305 e. The highest BCUT2D eigenvalue weighted by molar-refractivity contribution is 5.70. The average molecular weight is 472 g/mol. The molecule has 7 nitrogen and oxygen atoms in total. The van der Waals surface area contributed by atoms with Gasteiger partial charge in [-0.3, -0.25) is 14.4 Å². The molecule has 0 heterocycles. The highest BCUT2D eigenvalue weighted by Crippen LogP contribution is 2.14. The number of hydrogen-bond donors (Lipinski definition) is 1. The van der Waals surface area contributed by atoms with Crippen LogP contribution < -0.4 is 5.32 Å². The van der Waals surface area contributed by atoms with Gasteiger partial charge in [-0.05, 0) is 32.7 Å². The van der Waals surface area contributed by atoms with E-state index in [2.05, 4.69) is 19.2 Å². The maximum atomic E-state index is 12.1. The Morgan fingerprint density at radius 3 is 1.58 bits per heavy atom. The highest BCUT2D eigenvalue weighted by Gasteiger charge is 2.16. The van der Waals surface area contributed by atoms with Gasteiger partial charge in [0, 0.05) is 31.7 Å². The summed E-state index contributed by atoms with van der Waals surface area (Å²) in [7, 11) is 1.80. The molecule has 0 aromatic rings. The van der Waals surface area contributed by atoms with Crippen LogP contribution in [-0.2, 0) is 28.6 Å². The quantitative estimate of drug-likeness (QED) is 0.122. The molecule has 0 aliphatic carbocycles. The summed E-state index contributed by atoms with van der Waals surface area (Å²) in [5, 5.41) is 2.93. The van der Waals surface area contributed by atoms with Gasteiger partial charge in [0.1, 0.15) is 6.61 Å². The summed E-state index contributed by atoms with van der Waals surface area (Å²) in [6.45, 7) is 5.73. The number of nitrogens with one attached hydrogen (secondary N) is 1. The van der Waals surface area contributed by atoms with Crippen molar-refractivity contribution in [1.29, 1.82) is 0 Å². The predicted octanol–water partition coefficient (Wildman–Crippen LogP) is 5.34. The van der Waals surface area contributed by atoms with Gasteiger partial charge in [0.15, 0.2) is 0 Å². The van der Waals surface area contributed by atoms with Gasteiger partial charge < -0.3 is 19.5 Å². The van der Waals surface area contributed by atoms with Gasteiger partial charge in [0.05, 0.1) is 13.2 Å². The molecule has 0 amide bonds. The molecule has 0 saturated carbocycles. The third kappa shape index (κ3) is 22.0. The van der Waals surface area contributed by atoms with Gasteiger partial charge >= 0.3 is 17.9 Å². The van der Waals surface area contributed by atoms with Crippen LogP contribution in [0.1, 0.15) is 110 Å². The van der Waals surface area contributed by atoms with Crippen molar-refractivity contribution in [2.24, 2.45) is 5.92 Å². The third-order valence-electron chi connectivity index (χ3n) is 5.54. The van der Waals surface area contributed by atoms with E-state index in [0.29, 0.717) is 45.3 Å². The van der Waals surface area contributed by atoms with E-state index in [9.17, 15) is 14.4 Å². The molecule has 33 heavy (non-hydrogen) atoms. The number of rotatable bonds is 23. The van der Waals surface area contributed by atoms with Crippen LogP contribution in [0.5, 0.6) is 0 Å². The average Bonchev–Trinajstić information content (AvgIpc) is 2.80.